The van der Waals surface area contributed by atoms with Gasteiger partial charge in [0.05, 0.1) is 24.3 Å². The van der Waals surface area contributed by atoms with E-state index in [1.165, 1.54) is 0 Å². The van der Waals surface area contributed by atoms with Crippen molar-refractivity contribution in [3.05, 3.63) is 23.7 Å². The molecule has 0 unspecified atom stereocenters. The molecule has 6 heteroatoms. The van der Waals surface area contributed by atoms with Crippen molar-refractivity contribution in [2.24, 2.45) is 0 Å². The van der Waals surface area contributed by atoms with E-state index in [9.17, 15) is 8.42 Å². The minimum atomic E-state index is -2.80. The van der Waals surface area contributed by atoms with Gasteiger partial charge in [-0.3, -0.25) is 4.90 Å². The Labute approximate surface area is 114 Å². The van der Waals surface area contributed by atoms with Crippen LogP contribution in [0.4, 0.5) is 0 Å². The number of rotatable bonds is 5. The number of hydrogen-bond acceptors (Lipinski definition) is 5. The second kappa shape index (κ2) is 6.07. The van der Waals surface area contributed by atoms with Crippen LogP contribution in [0, 0.1) is 0 Å². The predicted octanol–water partition coefficient (Wildman–Crippen LogP) is 1.01. The summed E-state index contributed by atoms with van der Waals surface area (Å²) >= 11 is 0. The van der Waals surface area contributed by atoms with Crippen LogP contribution in [0.1, 0.15) is 25.2 Å². The SMILES string of the molecule is CC(C)NCc1coc(CN2CCS(=O)(=O)CC2)c1. The quantitative estimate of drug-likeness (QED) is 0.875. The fraction of sp³-hybridized carbons (Fsp3) is 0.692. The Morgan fingerprint density at radius 1 is 1.37 bits per heavy atom. The van der Waals surface area contributed by atoms with Crippen molar-refractivity contribution in [3.63, 3.8) is 0 Å². The molecule has 1 aromatic heterocycles. The van der Waals surface area contributed by atoms with Crippen molar-refractivity contribution in [3.8, 4) is 0 Å². The maximum absolute atomic E-state index is 11.3. The Kier molecular flexibility index (Phi) is 4.65. The van der Waals surface area contributed by atoms with E-state index in [2.05, 4.69) is 24.1 Å². The molecular weight excluding hydrogens is 264 g/mol. The lowest BCUT2D eigenvalue weighted by molar-refractivity contribution is 0.262. The largest absolute Gasteiger partial charge is 0.468 e. The highest BCUT2D eigenvalue weighted by molar-refractivity contribution is 7.91. The van der Waals surface area contributed by atoms with E-state index < -0.39 is 9.84 Å². The fourth-order valence-corrected chi connectivity index (χ4v) is 3.33. The molecule has 5 nitrogen and oxygen atoms in total. The van der Waals surface area contributed by atoms with Gasteiger partial charge in [0.1, 0.15) is 5.76 Å². The van der Waals surface area contributed by atoms with Crippen LogP contribution in [0.3, 0.4) is 0 Å². The van der Waals surface area contributed by atoms with E-state index >= 15 is 0 Å². The van der Waals surface area contributed by atoms with Gasteiger partial charge in [-0.05, 0) is 6.07 Å². The van der Waals surface area contributed by atoms with E-state index in [-0.39, 0.29) is 11.5 Å². The summed E-state index contributed by atoms with van der Waals surface area (Å²) in [5.74, 6) is 1.42. The van der Waals surface area contributed by atoms with Gasteiger partial charge in [-0.25, -0.2) is 8.42 Å². The summed E-state index contributed by atoms with van der Waals surface area (Å²) in [5.41, 5.74) is 1.13. The summed E-state index contributed by atoms with van der Waals surface area (Å²) < 4.78 is 28.2. The lowest BCUT2D eigenvalue weighted by atomic mass is 10.2. The van der Waals surface area contributed by atoms with Crippen LogP contribution >= 0.6 is 0 Å². The number of nitrogens with zero attached hydrogens (tertiary/aromatic N) is 1. The fourth-order valence-electron chi connectivity index (χ4n) is 2.05. The van der Waals surface area contributed by atoms with E-state index in [1.807, 2.05) is 6.07 Å². The molecule has 2 rings (SSSR count). The van der Waals surface area contributed by atoms with Gasteiger partial charge in [-0.2, -0.15) is 0 Å². The second-order valence-corrected chi connectivity index (χ2v) is 7.69. The first-order valence-electron chi connectivity index (χ1n) is 6.67. The Morgan fingerprint density at radius 2 is 2.05 bits per heavy atom. The lowest BCUT2D eigenvalue weighted by Gasteiger charge is -2.25. The summed E-state index contributed by atoms with van der Waals surface area (Å²) in [7, 11) is -2.80. The third-order valence-corrected chi connectivity index (χ3v) is 4.85. The standard InChI is InChI=1S/C13H22N2O3S/c1-11(2)14-8-12-7-13(18-10-12)9-15-3-5-19(16,17)6-4-15/h7,10-11,14H,3-6,8-9H2,1-2H3. The summed E-state index contributed by atoms with van der Waals surface area (Å²) in [6.07, 6.45) is 1.77. The Balaban J connectivity index is 1.83. The Morgan fingerprint density at radius 3 is 2.68 bits per heavy atom. The third kappa shape index (κ3) is 4.63. The van der Waals surface area contributed by atoms with Gasteiger partial charge in [0.25, 0.3) is 0 Å². The van der Waals surface area contributed by atoms with Crippen LogP contribution in [0.5, 0.6) is 0 Å². The molecule has 0 radical (unpaired) electrons. The average molecular weight is 286 g/mol. The normalized spacial score (nSPS) is 19.9. The molecule has 19 heavy (non-hydrogen) atoms. The number of sulfone groups is 1. The first-order valence-corrected chi connectivity index (χ1v) is 8.49. The Hall–Kier alpha value is -0.850. The van der Waals surface area contributed by atoms with Crippen LogP contribution < -0.4 is 5.32 Å². The molecule has 1 aromatic rings. The van der Waals surface area contributed by atoms with Crippen LogP contribution in [-0.2, 0) is 22.9 Å². The third-order valence-electron chi connectivity index (χ3n) is 3.24. The predicted molar refractivity (Wildman–Crippen MR) is 74.6 cm³/mol. The molecule has 0 amide bonds. The number of furan rings is 1. The Bertz CT molecular complexity index is 494. The molecule has 0 aliphatic carbocycles. The van der Waals surface area contributed by atoms with Gasteiger partial charge in [-0.15, -0.1) is 0 Å². The van der Waals surface area contributed by atoms with Gasteiger partial charge in [-0.1, -0.05) is 13.8 Å². The molecule has 0 aromatic carbocycles. The van der Waals surface area contributed by atoms with Gasteiger partial charge in [0.2, 0.25) is 0 Å². The minimum absolute atomic E-state index is 0.259. The smallest absolute Gasteiger partial charge is 0.152 e. The van der Waals surface area contributed by atoms with Gasteiger partial charge >= 0.3 is 0 Å². The molecule has 0 atom stereocenters. The second-order valence-electron chi connectivity index (χ2n) is 5.38. The zero-order valence-electron chi connectivity index (χ0n) is 11.6. The van der Waals surface area contributed by atoms with Crippen LogP contribution in [0.15, 0.2) is 16.7 Å². The van der Waals surface area contributed by atoms with E-state index in [0.717, 1.165) is 17.9 Å². The van der Waals surface area contributed by atoms with Gasteiger partial charge < -0.3 is 9.73 Å². The first-order chi connectivity index (χ1) is 8.94. The minimum Gasteiger partial charge on any atom is -0.468 e. The van der Waals surface area contributed by atoms with E-state index in [1.54, 1.807) is 6.26 Å². The topological polar surface area (TPSA) is 62.6 Å². The first kappa shape index (κ1) is 14.6. The molecule has 1 saturated heterocycles. The molecule has 0 saturated carbocycles. The molecule has 108 valence electrons. The van der Waals surface area contributed by atoms with Crippen LogP contribution in [0.25, 0.3) is 0 Å². The number of hydrogen-bond donors (Lipinski definition) is 1. The van der Waals surface area contributed by atoms with Crippen molar-refractivity contribution in [2.75, 3.05) is 24.6 Å². The van der Waals surface area contributed by atoms with Gasteiger partial charge in [0.15, 0.2) is 9.84 Å². The molecule has 0 spiro atoms. The van der Waals surface area contributed by atoms with Crippen molar-refractivity contribution in [1.29, 1.82) is 0 Å². The summed E-state index contributed by atoms with van der Waals surface area (Å²) in [6, 6.07) is 2.49. The molecule has 0 bridgehead atoms. The molecule has 1 aliphatic rings. The van der Waals surface area contributed by atoms with Crippen molar-refractivity contribution >= 4 is 9.84 Å². The highest BCUT2D eigenvalue weighted by Crippen LogP contribution is 2.13. The summed E-state index contributed by atoms with van der Waals surface area (Å²) in [6.45, 7) is 6.91. The number of nitrogens with one attached hydrogen (secondary N) is 1. The summed E-state index contributed by atoms with van der Waals surface area (Å²) in [5, 5.41) is 3.34. The zero-order valence-corrected chi connectivity index (χ0v) is 12.4. The van der Waals surface area contributed by atoms with Crippen molar-refractivity contribution in [2.45, 2.75) is 33.0 Å². The molecule has 2 heterocycles. The average Bonchev–Trinajstić information content (AvgIpc) is 2.77. The van der Waals surface area contributed by atoms with Crippen LogP contribution in [0.2, 0.25) is 0 Å². The maximum atomic E-state index is 11.3. The molecule has 1 aliphatic heterocycles. The van der Waals surface area contributed by atoms with Crippen molar-refractivity contribution in [1.82, 2.24) is 10.2 Å². The van der Waals surface area contributed by atoms with E-state index in [4.69, 9.17) is 4.42 Å². The van der Waals surface area contributed by atoms with Gasteiger partial charge in [0, 0.05) is 31.2 Å². The van der Waals surface area contributed by atoms with E-state index in [0.29, 0.717) is 25.7 Å². The zero-order chi connectivity index (χ0) is 13.9. The molecular formula is C13H22N2O3S. The highest BCUT2D eigenvalue weighted by Gasteiger charge is 2.22. The highest BCUT2D eigenvalue weighted by atomic mass is 32.2. The maximum Gasteiger partial charge on any atom is 0.152 e. The van der Waals surface area contributed by atoms with Crippen LogP contribution in [-0.4, -0.2) is 44.0 Å². The van der Waals surface area contributed by atoms with Crippen molar-refractivity contribution < 1.29 is 12.8 Å². The molecule has 1 fully saturated rings. The lowest BCUT2D eigenvalue weighted by Crippen LogP contribution is -2.39. The molecule has 1 N–H and O–H groups in total. The monoisotopic (exact) mass is 286 g/mol. The summed E-state index contributed by atoms with van der Waals surface area (Å²) in [4.78, 5) is 2.12.